The van der Waals surface area contributed by atoms with Crippen molar-refractivity contribution in [1.82, 2.24) is 9.97 Å². The van der Waals surface area contributed by atoms with Crippen molar-refractivity contribution >= 4 is 17.2 Å². The molecule has 0 radical (unpaired) electrons. The molecule has 1 unspecified atom stereocenters. The first kappa shape index (κ1) is 18.2. The fourth-order valence-corrected chi connectivity index (χ4v) is 2.80. The number of azo groups is 1. The minimum Gasteiger partial charge on any atom is -0.378 e. The van der Waals surface area contributed by atoms with Crippen molar-refractivity contribution in [3.05, 3.63) is 53.9 Å². The minimum absolute atomic E-state index is 0.0451. The van der Waals surface area contributed by atoms with Gasteiger partial charge < -0.3 is 9.64 Å². The SMILES string of the molecule is C=C(C)c1ccc(C(C)N=Nc2cc(N3CCOCC3)nc(C)n2)cc1. The van der Waals surface area contributed by atoms with Crippen LogP contribution >= 0.6 is 0 Å². The monoisotopic (exact) mass is 351 g/mol. The fraction of sp³-hybridized carbons (Fsp3) is 0.400. The molecule has 2 heterocycles. The first-order valence-corrected chi connectivity index (χ1v) is 8.88. The van der Waals surface area contributed by atoms with E-state index >= 15 is 0 Å². The standard InChI is InChI=1S/C20H25N5O/c1-14(2)17-5-7-18(8-6-17)15(3)23-24-19-13-20(22-16(4)21-19)25-9-11-26-12-10-25/h5-8,13,15H,1,9-12H2,2-4H3. The van der Waals surface area contributed by atoms with Gasteiger partial charge in [0.05, 0.1) is 19.3 Å². The molecule has 0 N–H and O–H groups in total. The maximum Gasteiger partial charge on any atom is 0.179 e. The highest BCUT2D eigenvalue weighted by molar-refractivity contribution is 5.61. The molecule has 1 saturated heterocycles. The lowest BCUT2D eigenvalue weighted by molar-refractivity contribution is 0.122. The zero-order valence-corrected chi connectivity index (χ0v) is 15.6. The number of nitrogens with zero attached hydrogens (tertiary/aromatic N) is 5. The zero-order valence-electron chi connectivity index (χ0n) is 15.6. The number of hydrogen-bond donors (Lipinski definition) is 0. The van der Waals surface area contributed by atoms with E-state index in [1.54, 1.807) is 0 Å². The van der Waals surface area contributed by atoms with Crippen LogP contribution in [0.25, 0.3) is 5.57 Å². The minimum atomic E-state index is -0.0451. The third-order valence-corrected chi connectivity index (χ3v) is 4.37. The summed E-state index contributed by atoms with van der Waals surface area (Å²) in [6, 6.07) is 10.1. The number of aromatic nitrogens is 2. The molecule has 6 nitrogen and oxygen atoms in total. The van der Waals surface area contributed by atoms with Crippen molar-refractivity contribution in [1.29, 1.82) is 0 Å². The molecule has 0 saturated carbocycles. The highest BCUT2D eigenvalue weighted by Gasteiger charge is 2.14. The maximum atomic E-state index is 5.40. The molecular weight excluding hydrogens is 326 g/mol. The van der Waals surface area contributed by atoms with Gasteiger partial charge in [0.25, 0.3) is 0 Å². The molecular formula is C20H25N5O. The predicted octanol–water partition coefficient (Wildman–Crippen LogP) is 4.50. The molecule has 0 bridgehead atoms. The molecule has 1 aromatic carbocycles. The number of hydrogen-bond acceptors (Lipinski definition) is 6. The number of morpholine rings is 1. The second-order valence-electron chi connectivity index (χ2n) is 6.52. The summed E-state index contributed by atoms with van der Waals surface area (Å²) in [6.45, 7) is 13.0. The second kappa shape index (κ2) is 8.19. The number of rotatable bonds is 5. The fourth-order valence-electron chi connectivity index (χ4n) is 2.80. The maximum absolute atomic E-state index is 5.40. The van der Waals surface area contributed by atoms with Gasteiger partial charge in [0, 0.05) is 19.2 Å². The molecule has 136 valence electrons. The van der Waals surface area contributed by atoms with Crippen LogP contribution in [0, 0.1) is 6.92 Å². The molecule has 6 heteroatoms. The second-order valence-corrected chi connectivity index (χ2v) is 6.52. The first-order valence-electron chi connectivity index (χ1n) is 8.88. The Bertz CT molecular complexity index is 794. The van der Waals surface area contributed by atoms with Gasteiger partial charge in [0.1, 0.15) is 11.6 Å². The van der Waals surface area contributed by atoms with E-state index in [0.29, 0.717) is 11.6 Å². The summed E-state index contributed by atoms with van der Waals surface area (Å²) in [4.78, 5) is 11.1. The van der Waals surface area contributed by atoms with E-state index in [2.05, 4.69) is 55.9 Å². The number of allylic oxidation sites excluding steroid dienone is 1. The van der Waals surface area contributed by atoms with Gasteiger partial charge in [-0.3, -0.25) is 0 Å². The topological polar surface area (TPSA) is 63.0 Å². The van der Waals surface area contributed by atoms with Gasteiger partial charge in [-0.15, -0.1) is 5.11 Å². The van der Waals surface area contributed by atoms with Gasteiger partial charge in [0.15, 0.2) is 5.82 Å². The van der Waals surface area contributed by atoms with Crippen LogP contribution in [0.4, 0.5) is 11.6 Å². The quantitative estimate of drug-likeness (QED) is 0.744. The van der Waals surface area contributed by atoms with E-state index in [-0.39, 0.29) is 6.04 Å². The zero-order chi connectivity index (χ0) is 18.5. The van der Waals surface area contributed by atoms with E-state index in [0.717, 1.165) is 48.8 Å². The third kappa shape index (κ3) is 4.52. The number of aryl methyl sites for hydroxylation is 1. The molecule has 1 aromatic heterocycles. The molecule has 1 aliphatic heterocycles. The summed E-state index contributed by atoms with van der Waals surface area (Å²) >= 11 is 0. The number of ether oxygens (including phenoxy) is 1. The van der Waals surface area contributed by atoms with Crippen LogP contribution in [-0.2, 0) is 4.74 Å². The van der Waals surface area contributed by atoms with Gasteiger partial charge in [-0.1, -0.05) is 36.4 Å². The van der Waals surface area contributed by atoms with Gasteiger partial charge in [-0.05, 0) is 31.9 Å². The Labute approximate surface area is 154 Å². The molecule has 1 aliphatic rings. The van der Waals surface area contributed by atoms with Crippen molar-refractivity contribution in [2.75, 3.05) is 31.2 Å². The summed E-state index contributed by atoms with van der Waals surface area (Å²) in [5, 5.41) is 8.79. The Balaban J connectivity index is 1.74. The van der Waals surface area contributed by atoms with Crippen molar-refractivity contribution in [2.24, 2.45) is 10.2 Å². The third-order valence-electron chi connectivity index (χ3n) is 4.37. The molecule has 0 amide bonds. The van der Waals surface area contributed by atoms with E-state index in [4.69, 9.17) is 4.74 Å². The Hall–Kier alpha value is -2.60. The Kier molecular flexibility index (Phi) is 5.73. The van der Waals surface area contributed by atoms with E-state index in [1.165, 1.54) is 0 Å². The van der Waals surface area contributed by atoms with Crippen LogP contribution in [0.2, 0.25) is 0 Å². The van der Waals surface area contributed by atoms with Crippen LogP contribution in [0.15, 0.2) is 47.1 Å². The normalized spacial score (nSPS) is 16.0. The highest BCUT2D eigenvalue weighted by atomic mass is 16.5. The molecule has 1 atom stereocenters. The molecule has 0 aliphatic carbocycles. The van der Waals surface area contributed by atoms with Crippen molar-refractivity contribution in [3.8, 4) is 0 Å². The van der Waals surface area contributed by atoms with Crippen molar-refractivity contribution in [2.45, 2.75) is 26.8 Å². The van der Waals surface area contributed by atoms with Gasteiger partial charge in [-0.2, -0.15) is 5.11 Å². The summed E-state index contributed by atoms with van der Waals surface area (Å²) < 4.78 is 5.40. The summed E-state index contributed by atoms with van der Waals surface area (Å²) in [6.07, 6.45) is 0. The largest absolute Gasteiger partial charge is 0.378 e. The lowest BCUT2D eigenvalue weighted by Crippen LogP contribution is -2.36. The predicted molar refractivity (Wildman–Crippen MR) is 104 cm³/mol. The molecule has 26 heavy (non-hydrogen) atoms. The molecule has 0 spiro atoms. The Morgan fingerprint density at radius 3 is 2.54 bits per heavy atom. The molecule has 1 fully saturated rings. The van der Waals surface area contributed by atoms with Gasteiger partial charge in [0.2, 0.25) is 0 Å². The first-order chi connectivity index (χ1) is 12.5. The molecule has 2 aromatic rings. The average Bonchev–Trinajstić information content (AvgIpc) is 2.66. The van der Waals surface area contributed by atoms with E-state index in [9.17, 15) is 0 Å². The van der Waals surface area contributed by atoms with Crippen LogP contribution in [0.5, 0.6) is 0 Å². The van der Waals surface area contributed by atoms with Gasteiger partial charge >= 0.3 is 0 Å². The summed E-state index contributed by atoms with van der Waals surface area (Å²) in [5.74, 6) is 2.17. The summed E-state index contributed by atoms with van der Waals surface area (Å²) in [7, 11) is 0. The van der Waals surface area contributed by atoms with Gasteiger partial charge in [-0.25, -0.2) is 9.97 Å². The summed E-state index contributed by atoms with van der Waals surface area (Å²) in [5.41, 5.74) is 3.30. The van der Waals surface area contributed by atoms with Crippen molar-refractivity contribution < 1.29 is 4.74 Å². The average molecular weight is 351 g/mol. The lowest BCUT2D eigenvalue weighted by Gasteiger charge is -2.27. The van der Waals surface area contributed by atoms with Crippen LogP contribution in [0.1, 0.15) is 36.8 Å². The highest BCUT2D eigenvalue weighted by Crippen LogP contribution is 2.24. The van der Waals surface area contributed by atoms with Crippen molar-refractivity contribution in [3.63, 3.8) is 0 Å². The lowest BCUT2D eigenvalue weighted by atomic mass is 10.0. The van der Waals surface area contributed by atoms with E-state index < -0.39 is 0 Å². The number of anilines is 1. The van der Waals surface area contributed by atoms with Crippen LogP contribution in [0.3, 0.4) is 0 Å². The smallest absolute Gasteiger partial charge is 0.179 e. The van der Waals surface area contributed by atoms with E-state index in [1.807, 2.05) is 26.8 Å². The molecule has 3 rings (SSSR count). The van der Waals surface area contributed by atoms with Crippen LogP contribution in [-0.4, -0.2) is 36.3 Å². The Morgan fingerprint density at radius 2 is 1.88 bits per heavy atom. The van der Waals surface area contributed by atoms with Crippen LogP contribution < -0.4 is 4.90 Å². The number of benzene rings is 1. The Morgan fingerprint density at radius 1 is 1.19 bits per heavy atom.